The molecule has 11 nitrogen and oxygen atoms in total. The number of hydrogen-bond acceptors (Lipinski definition) is 10. The van der Waals surface area contributed by atoms with Gasteiger partial charge < -0.3 is 45.1 Å². The minimum atomic E-state index is -1.61. The maximum absolute atomic E-state index is 13.4. The van der Waals surface area contributed by atoms with Gasteiger partial charge >= 0.3 is 5.97 Å². The molecule has 8 unspecified atom stereocenters. The molecular weight excluding hydrogens is 943 g/mol. The first-order chi connectivity index (χ1) is 36.7. The van der Waals surface area contributed by atoms with E-state index < -0.39 is 67.4 Å². The van der Waals surface area contributed by atoms with Gasteiger partial charge in [-0.2, -0.15) is 0 Å². The first kappa shape index (κ1) is 71.4. The first-order valence-electron chi connectivity index (χ1n) is 32.5. The molecule has 1 saturated heterocycles. The second-order valence-corrected chi connectivity index (χ2v) is 22.9. The predicted molar refractivity (Wildman–Crippen MR) is 311 cm³/mol. The Kier molecular flexibility index (Phi) is 50.5. The highest BCUT2D eigenvalue weighted by atomic mass is 16.7. The standard InChI is InChI=1S/C64H123NO10/c1-4-7-10-13-16-19-22-25-27-28-29-30-31-34-37-40-43-46-49-52-59(69)75-62-61(71)60(70)58(53-66)74-64(62)73-54-55(56(67)50-47-44-41-38-35-32-24-21-18-15-12-9-6-3)65-63(72)57(68)51-48-45-42-39-36-33-26-23-20-17-14-11-8-5-2/h47,50,55-58,60-62,64,66-68,70-71H,4-46,48-49,51-54H2,1-3H3,(H,65,72)/b50-47+. The van der Waals surface area contributed by atoms with Gasteiger partial charge in [0.25, 0.3) is 0 Å². The summed E-state index contributed by atoms with van der Waals surface area (Å²) < 4.78 is 17.7. The van der Waals surface area contributed by atoms with Gasteiger partial charge in [-0.1, -0.05) is 303 Å². The minimum absolute atomic E-state index is 0.132. The molecule has 0 aromatic rings. The Morgan fingerprint density at radius 2 is 0.867 bits per heavy atom. The lowest BCUT2D eigenvalue weighted by Crippen LogP contribution is -2.61. The van der Waals surface area contributed by atoms with Gasteiger partial charge in [-0.05, 0) is 25.7 Å². The predicted octanol–water partition coefficient (Wildman–Crippen LogP) is 15.5. The van der Waals surface area contributed by atoms with Crippen molar-refractivity contribution in [3.05, 3.63) is 12.2 Å². The van der Waals surface area contributed by atoms with Crippen molar-refractivity contribution in [3.8, 4) is 0 Å². The highest BCUT2D eigenvalue weighted by Crippen LogP contribution is 2.26. The Morgan fingerprint density at radius 3 is 1.25 bits per heavy atom. The maximum Gasteiger partial charge on any atom is 0.306 e. The van der Waals surface area contributed by atoms with Crippen LogP contribution in [0, 0.1) is 0 Å². The number of allylic oxidation sites excluding steroid dienone is 1. The van der Waals surface area contributed by atoms with Gasteiger partial charge in [0.05, 0.1) is 25.4 Å². The number of amides is 1. The molecule has 1 aliphatic heterocycles. The van der Waals surface area contributed by atoms with E-state index in [4.69, 9.17) is 14.2 Å². The normalized spacial score (nSPS) is 19.2. The molecule has 0 aromatic heterocycles. The van der Waals surface area contributed by atoms with E-state index in [0.29, 0.717) is 19.3 Å². The zero-order chi connectivity index (χ0) is 54.7. The molecule has 0 saturated carbocycles. The van der Waals surface area contributed by atoms with E-state index in [-0.39, 0.29) is 13.0 Å². The van der Waals surface area contributed by atoms with Crippen LogP contribution in [0.15, 0.2) is 12.2 Å². The Hall–Kier alpha value is -1.60. The first-order valence-corrected chi connectivity index (χ1v) is 32.5. The van der Waals surface area contributed by atoms with E-state index in [9.17, 15) is 35.1 Å². The van der Waals surface area contributed by atoms with E-state index in [1.54, 1.807) is 6.08 Å². The largest absolute Gasteiger partial charge is 0.454 e. The summed E-state index contributed by atoms with van der Waals surface area (Å²) in [6.45, 7) is 5.84. The lowest BCUT2D eigenvalue weighted by Gasteiger charge is -2.41. The maximum atomic E-state index is 13.4. The lowest BCUT2D eigenvalue weighted by atomic mass is 9.99. The number of aliphatic hydroxyl groups is 5. The highest BCUT2D eigenvalue weighted by molar-refractivity contribution is 5.80. The van der Waals surface area contributed by atoms with Crippen molar-refractivity contribution in [1.29, 1.82) is 0 Å². The fourth-order valence-electron chi connectivity index (χ4n) is 10.5. The van der Waals surface area contributed by atoms with Crippen molar-refractivity contribution < 1.29 is 49.3 Å². The van der Waals surface area contributed by atoms with Crippen LogP contribution in [0.4, 0.5) is 0 Å². The molecule has 1 aliphatic rings. The van der Waals surface area contributed by atoms with Crippen LogP contribution in [-0.2, 0) is 23.8 Å². The van der Waals surface area contributed by atoms with Crippen LogP contribution in [-0.4, -0.2) is 99.6 Å². The number of hydrogen-bond donors (Lipinski definition) is 6. The monoisotopic (exact) mass is 1070 g/mol. The molecule has 11 heteroatoms. The minimum Gasteiger partial charge on any atom is -0.454 e. The zero-order valence-corrected chi connectivity index (χ0v) is 49.2. The summed E-state index contributed by atoms with van der Waals surface area (Å²) in [5, 5.41) is 57.0. The number of esters is 1. The molecule has 444 valence electrons. The van der Waals surface area contributed by atoms with Crippen molar-refractivity contribution in [2.45, 2.75) is 372 Å². The Morgan fingerprint density at radius 1 is 0.507 bits per heavy atom. The third-order valence-corrected chi connectivity index (χ3v) is 15.7. The molecule has 1 fully saturated rings. The molecule has 1 amide bonds. The van der Waals surface area contributed by atoms with E-state index in [2.05, 4.69) is 26.1 Å². The molecule has 1 heterocycles. The van der Waals surface area contributed by atoms with Crippen molar-refractivity contribution >= 4 is 11.9 Å². The number of rotatable bonds is 56. The second-order valence-electron chi connectivity index (χ2n) is 22.9. The van der Waals surface area contributed by atoms with Crippen molar-refractivity contribution in [3.63, 3.8) is 0 Å². The van der Waals surface area contributed by atoms with E-state index in [1.807, 2.05) is 6.08 Å². The SMILES string of the molecule is CCCCCCCCCCCCC/C=C/C(O)C(COC1OC(CO)C(O)C(O)C1OC(=O)CCCCCCCCCCCCCCCCCCCCC)NC(=O)C(O)CCCCCCCCCCCCCCCC. The molecular formula is C64H123NO10. The van der Waals surface area contributed by atoms with E-state index in [1.165, 1.54) is 218 Å². The topological polar surface area (TPSA) is 175 Å². The quantitative estimate of drug-likeness (QED) is 0.0195. The summed E-state index contributed by atoms with van der Waals surface area (Å²) in [6, 6.07) is -1.02. The summed E-state index contributed by atoms with van der Waals surface area (Å²) >= 11 is 0. The van der Waals surface area contributed by atoms with E-state index in [0.717, 1.165) is 57.8 Å². The Labute approximate surface area is 461 Å². The van der Waals surface area contributed by atoms with Crippen LogP contribution in [0.25, 0.3) is 0 Å². The van der Waals surface area contributed by atoms with Crippen LogP contribution in [0.3, 0.4) is 0 Å². The van der Waals surface area contributed by atoms with Crippen LogP contribution in [0.2, 0.25) is 0 Å². The molecule has 75 heavy (non-hydrogen) atoms. The number of carbonyl (C=O) groups excluding carboxylic acids is 2. The van der Waals surface area contributed by atoms with Crippen LogP contribution >= 0.6 is 0 Å². The number of unbranched alkanes of at least 4 members (excludes halogenated alkanes) is 42. The fourth-order valence-corrected chi connectivity index (χ4v) is 10.5. The lowest BCUT2D eigenvalue weighted by molar-refractivity contribution is -0.305. The molecule has 0 aromatic carbocycles. The summed E-state index contributed by atoms with van der Waals surface area (Å²) in [5.41, 5.74) is 0. The van der Waals surface area contributed by atoms with Gasteiger partial charge in [-0.25, -0.2) is 0 Å². The molecule has 6 N–H and O–H groups in total. The Bertz CT molecular complexity index is 1270. The van der Waals surface area contributed by atoms with Gasteiger partial charge in [-0.15, -0.1) is 0 Å². The number of nitrogens with one attached hydrogen (secondary N) is 1. The summed E-state index contributed by atoms with van der Waals surface area (Å²) in [7, 11) is 0. The molecule has 0 bridgehead atoms. The van der Waals surface area contributed by atoms with Gasteiger partial charge in [0.15, 0.2) is 12.4 Å². The fraction of sp³-hybridized carbons (Fsp3) is 0.938. The van der Waals surface area contributed by atoms with Crippen molar-refractivity contribution in [1.82, 2.24) is 5.32 Å². The van der Waals surface area contributed by atoms with Gasteiger partial charge in [-0.3, -0.25) is 9.59 Å². The summed E-state index contributed by atoms with van der Waals surface area (Å²) in [6.07, 6.45) is 49.6. The Balaban J connectivity index is 2.64. The number of ether oxygens (including phenoxy) is 3. The molecule has 8 atom stereocenters. The van der Waals surface area contributed by atoms with Crippen LogP contribution < -0.4 is 5.32 Å². The van der Waals surface area contributed by atoms with Crippen LogP contribution in [0.5, 0.6) is 0 Å². The summed E-state index contributed by atoms with van der Waals surface area (Å²) in [4.78, 5) is 26.6. The average Bonchev–Trinajstić information content (AvgIpc) is 3.41. The molecule has 0 aliphatic carbocycles. The van der Waals surface area contributed by atoms with Gasteiger partial charge in [0, 0.05) is 6.42 Å². The molecule has 1 rings (SSSR count). The number of carbonyl (C=O) groups is 2. The van der Waals surface area contributed by atoms with E-state index >= 15 is 0 Å². The number of aliphatic hydroxyl groups excluding tert-OH is 5. The highest BCUT2D eigenvalue weighted by Gasteiger charge is 2.47. The van der Waals surface area contributed by atoms with Crippen LogP contribution in [0.1, 0.15) is 323 Å². The third kappa shape index (κ3) is 41.1. The molecule has 0 radical (unpaired) electrons. The average molecular weight is 1070 g/mol. The van der Waals surface area contributed by atoms with Gasteiger partial charge in [0.1, 0.15) is 24.4 Å². The van der Waals surface area contributed by atoms with Crippen molar-refractivity contribution in [2.75, 3.05) is 13.2 Å². The second kappa shape index (κ2) is 53.1. The third-order valence-electron chi connectivity index (χ3n) is 15.7. The van der Waals surface area contributed by atoms with Crippen molar-refractivity contribution in [2.24, 2.45) is 0 Å². The summed E-state index contributed by atoms with van der Waals surface area (Å²) in [5.74, 6) is -1.17. The molecule has 0 spiro atoms. The smallest absolute Gasteiger partial charge is 0.306 e. The zero-order valence-electron chi connectivity index (χ0n) is 49.2. The van der Waals surface area contributed by atoms with Gasteiger partial charge in [0.2, 0.25) is 5.91 Å².